The van der Waals surface area contributed by atoms with Gasteiger partial charge < -0.3 is 5.11 Å². The molecule has 0 aromatic heterocycles. The number of aryl methyl sites for hydroxylation is 1. The number of aliphatic hydroxyl groups is 1. The van der Waals surface area contributed by atoms with Gasteiger partial charge >= 0.3 is 0 Å². The molecule has 1 rings (SSSR count). The minimum absolute atomic E-state index is 0.0887. The minimum atomic E-state index is -3.37. The summed E-state index contributed by atoms with van der Waals surface area (Å²) in [7, 11) is -3.37. The molecule has 2 N–H and O–H groups in total. The molecule has 0 radical (unpaired) electrons. The summed E-state index contributed by atoms with van der Waals surface area (Å²) in [4.78, 5) is 0. The Bertz CT molecular complexity index is 610. The lowest BCUT2D eigenvalue weighted by Crippen LogP contribution is -2.18. The van der Waals surface area contributed by atoms with E-state index in [9.17, 15) is 8.42 Å². The van der Waals surface area contributed by atoms with Crippen molar-refractivity contribution >= 4 is 15.7 Å². The summed E-state index contributed by atoms with van der Waals surface area (Å²) in [5.41, 5.74) is 2.02. The highest BCUT2D eigenvalue weighted by Gasteiger charge is 2.13. The fraction of sp³-hybridized carbons (Fsp3) is 0.467. The normalized spacial score (nSPS) is 11.1. The van der Waals surface area contributed by atoms with Crippen LogP contribution in [-0.2, 0) is 10.0 Å². The van der Waals surface area contributed by atoms with Gasteiger partial charge in [0.2, 0.25) is 10.0 Å². The maximum absolute atomic E-state index is 12.0. The van der Waals surface area contributed by atoms with Crippen molar-refractivity contribution in [3.05, 3.63) is 29.3 Å². The highest BCUT2D eigenvalue weighted by molar-refractivity contribution is 7.92. The average Bonchev–Trinajstić information content (AvgIpc) is 2.37. The lowest BCUT2D eigenvalue weighted by Gasteiger charge is -2.11. The van der Waals surface area contributed by atoms with Crippen LogP contribution in [0.25, 0.3) is 0 Å². The molecule has 0 saturated heterocycles. The summed E-state index contributed by atoms with van der Waals surface area (Å²) in [6, 6.07) is 5.32. The van der Waals surface area contributed by atoms with E-state index in [0.717, 1.165) is 5.56 Å². The fourth-order valence-electron chi connectivity index (χ4n) is 1.59. The van der Waals surface area contributed by atoms with Gasteiger partial charge in [-0.15, -0.1) is 0 Å². The zero-order valence-corrected chi connectivity index (χ0v) is 12.9. The molecule has 0 aliphatic rings. The summed E-state index contributed by atoms with van der Waals surface area (Å²) in [5, 5.41) is 8.75. The number of nitrogens with one attached hydrogen (secondary N) is 1. The molecule has 0 aliphatic heterocycles. The van der Waals surface area contributed by atoms with Crippen LogP contribution in [0.3, 0.4) is 0 Å². The van der Waals surface area contributed by atoms with Gasteiger partial charge in [0.25, 0.3) is 0 Å². The molecule has 0 saturated carbocycles. The number of sulfonamides is 1. The summed E-state index contributed by atoms with van der Waals surface area (Å²) in [5.74, 6) is 5.72. The van der Waals surface area contributed by atoms with Crippen molar-refractivity contribution in [1.82, 2.24) is 0 Å². The van der Waals surface area contributed by atoms with Gasteiger partial charge in [-0.2, -0.15) is 0 Å². The fourth-order valence-corrected chi connectivity index (χ4v) is 2.99. The largest absolute Gasteiger partial charge is 0.384 e. The van der Waals surface area contributed by atoms with Gasteiger partial charge in [-0.05, 0) is 37.0 Å². The third-order valence-corrected chi connectivity index (χ3v) is 4.01. The summed E-state index contributed by atoms with van der Waals surface area (Å²) >= 11 is 0. The number of benzene rings is 1. The van der Waals surface area contributed by atoms with Crippen LogP contribution in [-0.4, -0.2) is 25.9 Å². The van der Waals surface area contributed by atoms with E-state index in [4.69, 9.17) is 5.11 Å². The van der Waals surface area contributed by atoms with E-state index in [1.807, 2.05) is 26.8 Å². The van der Waals surface area contributed by atoms with E-state index in [1.165, 1.54) is 0 Å². The lowest BCUT2D eigenvalue weighted by molar-refractivity contribution is 0.350. The summed E-state index contributed by atoms with van der Waals surface area (Å²) in [6.45, 7) is 5.62. The zero-order valence-electron chi connectivity index (χ0n) is 12.1. The van der Waals surface area contributed by atoms with Crippen molar-refractivity contribution < 1.29 is 13.5 Å². The van der Waals surface area contributed by atoms with Gasteiger partial charge in [0, 0.05) is 5.56 Å². The predicted molar refractivity (Wildman–Crippen MR) is 82.0 cm³/mol. The summed E-state index contributed by atoms with van der Waals surface area (Å²) < 4.78 is 26.6. The molecule has 0 spiro atoms. The van der Waals surface area contributed by atoms with Gasteiger partial charge in [-0.1, -0.05) is 31.8 Å². The molecule has 0 heterocycles. The second-order valence-electron chi connectivity index (χ2n) is 5.11. The third-order valence-electron chi connectivity index (χ3n) is 2.71. The molecule has 110 valence electrons. The molecule has 4 nitrogen and oxygen atoms in total. The molecule has 0 fully saturated rings. The number of anilines is 1. The first-order chi connectivity index (χ1) is 9.34. The van der Waals surface area contributed by atoms with Gasteiger partial charge in [0.15, 0.2) is 0 Å². The van der Waals surface area contributed by atoms with Crippen LogP contribution >= 0.6 is 0 Å². The summed E-state index contributed by atoms with van der Waals surface area (Å²) in [6.07, 6.45) is 0.610. The number of hydrogen-bond donors (Lipinski definition) is 2. The number of hydrogen-bond acceptors (Lipinski definition) is 3. The van der Waals surface area contributed by atoms with Crippen molar-refractivity contribution in [2.75, 3.05) is 17.1 Å². The van der Waals surface area contributed by atoms with Crippen molar-refractivity contribution in [3.8, 4) is 11.8 Å². The second-order valence-corrected chi connectivity index (χ2v) is 6.95. The van der Waals surface area contributed by atoms with Crippen LogP contribution in [0, 0.1) is 24.7 Å². The predicted octanol–water partition coefficient (Wildman–Crippen LogP) is 2.13. The van der Waals surface area contributed by atoms with Gasteiger partial charge in [-0.25, -0.2) is 8.42 Å². The Morgan fingerprint density at radius 2 is 2.05 bits per heavy atom. The molecule has 0 unspecified atom stereocenters. The Morgan fingerprint density at radius 3 is 2.65 bits per heavy atom. The van der Waals surface area contributed by atoms with E-state index >= 15 is 0 Å². The first-order valence-electron chi connectivity index (χ1n) is 6.55. The van der Waals surface area contributed by atoms with E-state index < -0.39 is 10.0 Å². The topological polar surface area (TPSA) is 66.4 Å². The van der Waals surface area contributed by atoms with Crippen LogP contribution < -0.4 is 4.72 Å². The molecule has 0 atom stereocenters. The Balaban J connectivity index is 2.96. The molecule has 0 aliphatic carbocycles. The quantitative estimate of drug-likeness (QED) is 0.818. The number of rotatable bonds is 5. The molecule has 1 aromatic rings. The molecular formula is C15H21NO3S. The molecule has 0 amide bonds. The minimum Gasteiger partial charge on any atom is -0.384 e. The Hall–Kier alpha value is -1.51. The van der Waals surface area contributed by atoms with Crippen molar-refractivity contribution in [3.63, 3.8) is 0 Å². The average molecular weight is 295 g/mol. The first kappa shape index (κ1) is 16.5. The molecule has 20 heavy (non-hydrogen) atoms. The van der Waals surface area contributed by atoms with Crippen molar-refractivity contribution in [2.24, 2.45) is 5.92 Å². The first-order valence-corrected chi connectivity index (χ1v) is 8.20. The van der Waals surface area contributed by atoms with Crippen molar-refractivity contribution in [2.45, 2.75) is 27.2 Å². The second kappa shape index (κ2) is 7.32. The smallest absolute Gasteiger partial charge is 0.232 e. The zero-order chi connectivity index (χ0) is 15.2. The standard InChI is InChI=1S/C15H21NO3S/c1-12(2)8-10-20(18,19)16-15-7-6-13(3)11-14(15)5-4-9-17/h6-7,11-12,16-17H,8-10H2,1-3H3. The van der Waals surface area contributed by atoms with Gasteiger partial charge in [-0.3, -0.25) is 4.72 Å². The Kier molecular flexibility index (Phi) is 6.05. The highest BCUT2D eigenvalue weighted by atomic mass is 32.2. The van der Waals surface area contributed by atoms with Gasteiger partial charge in [0.1, 0.15) is 6.61 Å². The van der Waals surface area contributed by atoms with E-state index in [2.05, 4.69) is 16.6 Å². The van der Waals surface area contributed by atoms with Crippen LogP contribution in [0.5, 0.6) is 0 Å². The van der Waals surface area contributed by atoms with Crippen LogP contribution in [0.4, 0.5) is 5.69 Å². The van der Waals surface area contributed by atoms with Crippen LogP contribution in [0.2, 0.25) is 0 Å². The van der Waals surface area contributed by atoms with E-state index in [-0.39, 0.29) is 12.4 Å². The number of aliphatic hydroxyl groups excluding tert-OH is 1. The van der Waals surface area contributed by atoms with Gasteiger partial charge in [0.05, 0.1) is 11.4 Å². The maximum atomic E-state index is 12.0. The molecular weight excluding hydrogens is 274 g/mol. The maximum Gasteiger partial charge on any atom is 0.232 e. The highest BCUT2D eigenvalue weighted by Crippen LogP contribution is 2.18. The lowest BCUT2D eigenvalue weighted by atomic mass is 10.1. The third kappa shape index (κ3) is 5.64. The Morgan fingerprint density at radius 1 is 1.35 bits per heavy atom. The SMILES string of the molecule is Cc1ccc(NS(=O)(=O)CCC(C)C)c(C#CCO)c1. The molecule has 0 bridgehead atoms. The molecule has 5 heteroatoms. The van der Waals surface area contributed by atoms with Crippen LogP contribution in [0.15, 0.2) is 18.2 Å². The monoisotopic (exact) mass is 295 g/mol. The van der Waals surface area contributed by atoms with E-state index in [0.29, 0.717) is 23.6 Å². The van der Waals surface area contributed by atoms with Crippen molar-refractivity contribution in [1.29, 1.82) is 0 Å². The molecule has 1 aromatic carbocycles. The Labute approximate surface area is 121 Å². The van der Waals surface area contributed by atoms with E-state index in [1.54, 1.807) is 12.1 Å². The van der Waals surface area contributed by atoms with Crippen LogP contribution in [0.1, 0.15) is 31.4 Å².